The van der Waals surface area contributed by atoms with Gasteiger partial charge in [0.25, 0.3) is 0 Å². The second-order valence-corrected chi connectivity index (χ2v) is 9.21. The molecular weight excluding hydrogens is 432 g/mol. The molecule has 5 rings (SSSR count). The van der Waals surface area contributed by atoms with E-state index in [0.717, 1.165) is 54.1 Å². The van der Waals surface area contributed by atoms with Crippen molar-refractivity contribution in [1.82, 2.24) is 4.90 Å². The van der Waals surface area contributed by atoms with Crippen molar-refractivity contribution in [3.8, 4) is 12.5 Å². The van der Waals surface area contributed by atoms with Gasteiger partial charge in [0.1, 0.15) is 6.23 Å². The zero-order chi connectivity index (χ0) is 23.0. The number of fused-ring (bicyclic) bond motifs is 4. The number of nitrogens with one attached hydrogen (secondary N) is 2. The Morgan fingerprint density at radius 1 is 1.15 bits per heavy atom. The molecule has 1 saturated heterocycles. The van der Waals surface area contributed by atoms with Gasteiger partial charge in [0, 0.05) is 41.7 Å². The third kappa shape index (κ3) is 3.91. The molecule has 1 atom stereocenters. The molecule has 0 bridgehead atoms. The van der Waals surface area contributed by atoms with Gasteiger partial charge in [-0.05, 0) is 67.3 Å². The third-order valence-corrected chi connectivity index (χ3v) is 7.04. The molecule has 2 aromatic carbocycles. The van der Waals surface area contributed by atoms with Crippen molar-refractivity contribution in [3.63, 3.8) is 0 Å². The van der Waals surface area contributed by atoms with Crippen LogP contribution in [0.4, 0.5) is 17.1 Å². The summed E-state index contributed by atoms with van der Waals surface area (Å²) in [5.74, 6) is 0. The largest absolute Gasteiger partial charge is 0.374 e. The number of terminal acetylenes is 1. The number of aliphatic hydroxyl groups is 1. The Morgan fingerprint density at radius 3 is 2.73 bits per heavy atom. The zero-order valence-electron chi connectivity index (χ0n) is 18.6. The van der Waals surface area contributed by atoms with E-state index in [4.69, 9.17) is 18.0 Å². The maximum Gasteiger partial charge on any atom is 0.133 e. The van der Waals surface area contributed by atoms with Crippen molar-refractivity contribution < 1.29 is 5.11 Å². The first-order chi connectivity index (χ1) is 16.0. The lowest BCUT2D eigenvalue weighted by atomic mass is 9.80. The van der Waals surface area contributed by atoms with Crippen molar-refractivity contribution in [3.05, 3.63) is 88.7 Å². The van der Waals surface area contributed by atoms with E-state index < -0.39 is 6.23 Å². The summed E-state index contributed by atoms with van der Waals surface area (Å²) in [6.07, 6.45) is 16.9. The van der Waals surface area contributed by atoms with E-state index in [-0.39, 0.29) is 5.54 Å². The van der Waals surface area contributed by atoms with Gasteiger partial charge in [-0.1, -0.05) is 42.3 Å². The van der Waals surface area contributed by atoms with Crippen LogP contribution < -0.4 is 15.5 Å². The smallest absolute Gasteiger partial charge is 0.133 e. The van der Waals surface area contributed by atoms with Gasteiger partial charge < -0.3 is 20.6 Å². The number of hydrogen-bond acceptors (Lipinski definition) is 5. The van der Waals surface area contributed by atoms with E-state index in [1.807, 2.05) is 49.4 Å². The first-order valence-corrected chi connectivity index (χ1v) is 11.6. The summed E-state index contributed by atoms with van der Waals surface area (Å²) in [6, 6.07) is 14.3. The van der Waals surface area contributed by atoms with Crippen LogP contribution in [0.15, 0.2) is 72.6 Å². The Balaban J connectivity index is 1.39. The Labute approximate surface area is 200 Å². The molecule has 1 fully saturated rings. The van der Waals surface area contributed by atoms with Crippen LogP contribution in [0, 0.1) is 19.4 Å². The number of aliphatic hydroxyl groups excluding tert-OH is 1. The molecular formula is C27H27ClN4O. The van der Waals surface area contributed by atoms with Gasteiger partial charge in [0.15, 0.2) is 0 Å². The van der Waals surface area contributed by atoms with E-state index in [9.17, 15) is 5.11 Å². The van der Waals surface area contributed by atoms with Crippen LogP contribution in [0.5, 0.6) is 0 Å². The molecule has 0 amide bonds. The highest BCUT2D eigenvalue weighted by atomic mass is 35.5. The van der Waals surface area contributed by atoms with Crippen LogP contribution in [-0.4, -0.2) is 28.6 Å². The van der Waals surface area contributed by atoms with Crippen molar-refractivity contribution in [2.75, 3.05) is 28.6 Å². The number of rotatable bonds is 3. The monoisotopic (exact) mass is 458 g/mol. The normalized spacial score (nSPS) is 19.6. The molecule has 0 radical (unpaired) electrons. The molecule has 3 aliphatic rings. The van der Waals surface area contributed by atoms with Crippen LogP contribution in [-0.2, 0) is 0 Å². The molecule has 0 aliphatic carbocycles. The number of aryl methyl sites for hydroxylation is 1. The second kappa shape index (κ2) is 8.64. The fourth-order valence-electron chi connectivity index (χ4n) is 5.05. The van der Waals surface area contributed by atoms with Gasteiger partial charge in [-0.3, -0.25) is 4.90 Å². The summed E-state index contributed by atoms with van der Waals surface area (Å²) < 4.78 is 0. The number of anilines is 3. The van der Waals surface area contributed by atoms with Gasteiger partial charge >= 0.3 is 0 Å². The summed E-state index contributed by atoms with van der Waals surface area (Å²) in [7, 11) is 0. The molecule has 1 unspecified atom stereocenters. The summed E-state index contributed by atoms with van der Waals surface area (Å²) in [5.41, 5.74) is 5.90. The third-order valence-electron chi connectivity index (χ3n) is 6.81. The van der Waals surface area contributed by atoms with Gasteiger partial charge in [0.2, 0.25) is 0 Å². The molecule has 33 heavy (non-hydrogen) atoms. The molecule has 0 aromatic heterocycles. The van der Waals surface area contributed by atoms with E-state index in [0.29, 0.717) is 5.02 Å². The molecule has 168 valence electrons. The minimum Gasteiger partial charge on any atom is -0.374 e. The predicted octanol–water partition coefficient (Wildman–Crippen LogP) is 5.38. The standard InChI is InChI=1S/C27H27ClN4O/c1-3-29-22-10-8-20(17-19(22)2)26(33)31-15-12-27(13-16-31)25-7-5-4-6-14-32(25)24-18-21(28)9-11-23(24)30-27/h1,4-11,14,17-18,26,29-30,33H,12-13,15-16H2,2H3. The summed E-state index contributed by atoms with van der Waals surface area (Å²) in [5, 5.41) is 18.6. The van der Waals surface area contributed by atoms with E-state index in [2.05, 4.69) is 50.9 Å². The van der Waals surface area contributed by atoms with Crippen molar-refractivity contribution >= 4 is 28.7 Å². The average Bonchev–Trinajstić information content (AvgIpc) is 3.09. The maximum absolute atomic E-state index is 11.1. The molecule has 0 saturated carbocycles. The van der Waals surface area contributed by atoms with Crippen LogP contribution in [0.3, 0.4) is 0 Å². The topological polar surface area (TPSA) is 50.8 Å². The zero-order valence-corrected chi connectivity index (χ0v) is 19.3. The highest BCUT2D eigenvalue weighted by Crippen LogP contribution is 2.47. The van der Waals surface area contributed by atoms with Crippen LogP contribution in [0.25, 0.3) is 0 Å². The molecule has 3 heterocycles. The summed E-state index contributed by atoms with van der Waals surface area (Å²) in [6.45, 7) is 3.52. The molecule has 6 heteroatoms. The van der Waals surface area contributed by atoms with E-state index >= 15 is 0 Å². The molecule has 3 aliphatic heterocycles. The first kappa shape index (κ1) is 21.7. The van der Waals surface area contributed by atoms with Gasteiger partial charge in [-0.2, -0.15) is 0 Å². The number of likely N-dealkylation sites (tertiary alicyclic amines) is 1. The van der Waals surface area contributed by atoms with Crippen LogP contribution in [0.1, 0.15) is 30.2 Å². The highest BCUT2D eigenvalue weighted by Gasteiger charge is 2.44. The number of benzene rings is 2. The summed E-state index contributed by atoms with van der Waals surface area (Å²) in [4.78, 5) is 4.38. The SMILES string of the molecule is C#CNc1ccc(C(O)N2CCC3(CC2)Nc2ccc(Cl)cc2N2C=CC=CC=C23)cc1C. The molecule has 2 aromatic rings. The van der Waals surface area contributed by atoms with Crippen molar-refractivity contribution in [2.45, 2.75) is 31.5 Å². The van der Waals surface area contributed by atoms with Gasteiger partial charge in [0.05, 0.1) is 16.9 Å². The number of nitrogens with zero attached hydrogens (tertiary/aromatic N) is 2. The Hall–Kier alpha value is -3.17. The Bertz CT molecular complexity index is 1200. The Kier molecular flexibility index (Phi) is 5.67. The fraction of sp³-hybridized carbons (Fsp3) is 0.259. The molecule has 3 N–H and O–H groups in total. The maximum atomic E-state index is 11.1. The second-order valence-electron chi connectivity index (χ2n) is 8.77. The van der Waals surface area contributed by atoms with Crippen LogP contribution in [0.2, 0.25) is 5.02 Å². The number of piperidine rings is 1. The lowest BCUT2D eigenvalue weighted by Crippen LogP contribution is -2.55. The predicted molar refractivity (Wildman–Crippen MR) is 136 cm³/mol. The minimum atomic E-state index is -0.658. The molecule has 5 nitrogen and oxygen atoms in total. The Morgan fingerprint density at radius 2 is 1.97 bits per heavy atom. The number of halogens is 1. The van der Waals surface area contributed by atoms with Crippen LogP contribution >= 0.6 is 11.6 Å². The van der Waals surface area contributed by atoms with Crippen molar-refractivity contribution in [2.24, 2.45) is 0 Å². The highest BCUT2D eigenvalue weighted by molar-refractivity contribution is 6.31. The fourth-order valence-corrected chi connectivity index (χ4v) is 5.21. The van der Waals surface area contributed by atoms with Crippen molar-refractivity contribution in [1.29, 1.82) is 0 Å². The van der Waals surface area contributed by atoms with Gasteiger partial charge in [-0.15, -0.1) is 0 Å². The number of allylic oxidation sites excluding steroid dienone is 4. The average molecular weight is 459 g/mol. The number of hydrogen-bond donors (Lipinski definition) is 3. The lowest BCUT2D eigenvalue weighted by molar-refractivity contribution is -0.0178. The van der Waals surface area contributed by atoms with E-state index in [1.54, 1.807) is 0 Å². The first-order valence-electron chi connectivity index (χ1n) is 11.2. The quantitative estimate of drug-likeness (QED) is 0.426. The summed E-state index contributed by atoms with van der Waals surface area (Å²) >= 11 is 6.31. The molecule has 1 spiro atoms. The van der Waals surface area contributed by atoms with E-state index in [1.165, 1.54) is 5.70 Å². The minimum absolute atomic E-state index is 0.216. The van der Waals surface area contributed by atoms with Gasteiger partial charge in [-0.25, -0.2) is 0 Å². The lowest BCUT2D eigenvalue weighted by Gasteiger charge is -2.51.